The lowest BCUT2D eigenvalue weighted by Gasteiger charge is -2.09. The lowest BCUT2D eigenvalue weighted by atomic mass is 10.4. The van der Waals surface area contributed by atoms with Crippen LogP contribution in [0.15, 0.2) is 6.20 Å². The van der Waals surface area contributed by atoms with Crippen LogP contribution in [0.1, 0.15) is 22.9 Å². The van der Waals surface area contributed by atoms with Gasteiger partial charge in [-0.1, -0.05) is 0 Å². The van der Waals surface area contributed by atoms with E-state index in [4.69, 9.17) is 10.8 Å². The highest BCUT2D eigenvalue weighted by atomic mass is 19.4. The van der Waals surface area contributed by atoms with Gasteiger partial charge >= 0.3 is 6.18 Å². The maximum absolute atomic E-state index is 12.9. The Balaban J connectivity index is 2.65. The lowest BCUT2D eigenvalue weighted by molar-refractivity contribution is -0.147. The number of rotatable bonds is 4. The summed E-state index contributed by atoms with van der Waals surface area (Å²) < 4.78 is 39.5. The zero-order valence-electron chi connectivity index (χ0n) is 10.1. The van der Waals surface area contributed by atoms with Crippen LogP contribution in [0, 0.1) is 0 Å². The SMILES string of the molecule is NC(=O)c1ncc2nc(C(F)(F)F)n(CCCO)c2n1. The Morgan fingerprint density at radius 3 is 2.65 bits per heavy atom. The number of imidazole rings is 1. The summed E-state index contributed by atoms with van der Waals surface area (Å²) in [5.74, 6) is -2.50. The number of carbonyl (C=O) groups is 1. The van der Waals surface area contributed by atoms with Crippen molar-refractivity contribution in [1.29, 1.82) is 0 Å². The van der Waals surface area contributed by atoms with Crippen LogP contribution in [0.5, 0.6) is 0 Å². The molecule has 0 bridgehead atoms. The van der Waals surface area contributed by atoms with Crippen LogP contribution in [0.4, 0.5) is 13.2 Å². The second-order valence-electron chi connectivity index (χ2n) is 3.93. The van der Waals surface area contributed by atoms with Crippen LogP contribution >= 0.6 is 0 Å². The molecular formula is C10H10F3N5O2. The van der Waals surface area contributed by atoms with Crippen LogP contribution in [-0.4, -0.2) is 37.1 Å². The van der Waals surface area contributed by atoms with Crippen LogP contribution in [0.2, 0.25) is 0 Å². The van der Waals surface area contributed by atoms with E-state index in [1.165, 1.54) is 0 Å². The summed E-state index contributed by atoms with van der Waals surface area (Å²) in [6.45, 7) is -0.429. The predicted octanol–water partition coefficient (Wildman–Crippen LogP) is 0.326. The van der Waals surface area contributed by atoms with Gasteiger partial charge in [0.2, 0.25) is 11.6 Å². The summed E-state index contributed by atoms with van der Waals surface area (Å²) in [6.07, 6.45) is -3.58. The summed E-state index contributed by atoms with van der Waals surface area (Å²) >= 11 is 0. The maximum atomic E-state index is 12.9. The molecule has 2 rings (SSSR count). The molecule has 0 fully saturated rings. The number of hydrogen-bond donors (Lipinski definition) is 2. The summed E-state index contributed by atoms with van der Waals surface area (Å²) in [5.41, 5.74) is 4.75. The summed E-state index contributed by atoms with van der Waals surface area (Å²) in [6, 6.07) is 0. The monoisotopic (exact) mass is 289 g/mol. The number of aliphatic hydroxyl groups is 1. The zero-order valence-corrected chi connectivity index (χ0v) is 10.1. The first-order chi connectivity index (χ1) is 9.34. The fourth-order valence-electron chi connectivity index (χ4n) is 1.69. The van der Waals surface area contributed by atoms with Crippen molar-refractivity contribution in [3.05, 3.63) is 17.8 Å². The molecule has 0 aromatic carbocycles. The molecule has 10 heteroatoms. The predicted molar refractivity (Wildman–Crippen MR) is 60.5 cm³/mol. The fraction of sp³-hybridized carbons (Fsp3) is 0.400. The Labute approximate surface area is 110 Å². The van der Waals surface area contributed by atoms with Gasteiger partial charge in [0.05, 0.1) is 6.20 Å². The second kappa shape index (κ2) is 5.04. The Bertz CT molecular complexity index is 652. The average Bonchev–Trinajstić information content (AvgIpc) is 2.73. The third-order valence-electron chi connectivity index (χ3n) is 2.50. The van der Waals surface area contributed by atoms with Gasteiger partial charge in [-0.3, -0.25) is 4.79 Å². The van der Waals surface area contributed by atoms with Gasteiger partial charge in [-0.2, -0.15) is 13.2 Å². The van der Waals surface area contributed by atoms with E-state index < -0.39 is 23.7 Å². The molecule has 0 saturated carbocycles. The highest BCUT2D eigenvalue weighted by Crippen LogP contribution is 2.30. The first-order valence-electron chi connectivity index (χ1n) is 5.55. The standard InChI is InChI=1S/C10H10F3N5O2/c11-10(12,13)9-16-5-4-15-7(6(14)20)17-8(5)18(9)2-1-3-19/h4,19H,1-3H2,(H2,14,20). The van der Waals surface area contributed by atoms with Crippen molar-refractivity contribution in [1.82, 2.24) is 19.5 Å². The van der Waals surface area contributed by atoms with Crippen LogP contribution < -0.4 is 5.73 Å². The van der Waals surface area contributed by atoms with E-state index in [1.54, 1.807) is 0 Å². The van der Waals surface area contributed by atoms with Crippen molar-refractivity contribution in [2.75, 3.05) is 6.61 Å². The van der Waals surface area contributed by atoms with Crippen molar-refractivity contribution >= 4 is 17.1 Å². The fourth-order valence-corrected chi connectivity index (χ4v) is 1.69. The number of hydrogen-bond acceptors (Lipinski definition) is 5. The summed E-state index contributed by atoms with van der Waals surface area (Å²) in [4.78, 5) is 21.6. The van der Waals surface area contributed by atoms with Crippen molar-refractivity contribution in [2.45, 2.75) is 19.1 Å². The minimum Gasteiger partial charge on any atom is -0.396 e. The summed E-state index contributed by atoms with van der Waals surface area (Å²) in [5, 5.41) is 8.75. The Morgan fingerprint density at radius 2 is 2.10 bits per heavy atom. The molecule has 0 atom stereocenters. The van der Waals surface area contributed by atoms with Crippen molar-refractivity contribution in [3.8, 4) is 0 Å². The summed E-state index contributed by atoms with van der Waals surface area (Å²) in [7, 11) is 0. The van der Waals surface area contributed by atoms with E-state index in [1.807, 2.05) is 0 Å². The largest absolute Gasteiger partial charge is 0.449 e. The molecule has 7 nitrogen and oxygen atoms in total. The number of aromatic nitrogens is 4. The lowest BCUT2D eigenvalue weighted by Crippen LogP contribution is -2.17. The zero-order chi connectivity index (χ0) is 14.9. The third kappa shape index (κ3) is 2.54. The molecule has 3 N–H and O–H groups in total. The number of fused-ring (bicyclic) bond motifs is 1. The Hall–Kier alpha value is -2.23. The van der Waals surface area contributed by atoms with E-state index in [2.05, 4.69) is 15.0 Å². The Morgan fingerprint density at radius 1 is 1.40 bits per heavy atom. The highest BCUT2D eigenvalue weighted by molar-refractivity contribution is 5.90. The minimum absolute atomic E-state index is 0.0877. The molecule has 0 aliphatic carbocycles. The number of nitrogens with zero attached hydrogens (tertiary/aromatic N) is 4. The van der Waals surface area contributed by atoms with Crippen molar-refractivity contribution in [2.24, 2.45) is 5.73 Å². The first-order valence-corrected chi connectivity index (χ1v) is 5.55. The number of amides is 1. The van der Waals surface area contributed by atoms with Gasteiger partial charge in [0.15, 0.2) is 5.65 Å². The van der Waals surface area contributed by atoms with Crippen LogP contribution in [0.3, 0.4) is 0 Å². The van der Waals surface area contributed by atoms with Gasteiger partial charge in [0.1, 0.15) is 5.52 Å². The van der Waals surface area contributed by atoms with Gasteiger partial charge in [0, 0.05) is 13.2 Å². The number of carbonyl (C=O) groups excluding carboxylic acids is 1. The number of nitrogens with two attached hydrogens (primary N) is 1. The molecule has 0 aliphatic heterocycles. The topological polar surface area (TPSA) is 107 Å². The number of alkyl halides is 3. The molecule has 1 amide bonds. The number of aryl methyl sites for hydroxylation is 1. The molecule has 2 heterocycles. The molecule has 108 valence electrons. The molecule has 0 saturated heterocycles. The molecule has 0 aliphatic rings. The average molecular weight is 289 g/mol. The number of aliphatic hydroxyl groups excluding tert-OH is 1. The van der Waals surface area contributed by atoms with Gasteiger partial charge < -0.3 is 15.4 Å². The van der Waals surface area contributed by atoms with Gasteiger partial charge in [0.25, 0.3) is 5.91 Å². The number of primary amides is 1. The molecule has 0 unspecified atom stereocenters. The van der Waals surface area contributed by atoms with Gasteiger partial charge in [-0.05, 0) is 6.42 Å². The molecule has 0 spiro atoms. The Kier molecular flexibility index (Phi) is 3.57. The van der Waals surface area contributed by atoms with Crippen LogP contribution in [-0.2, 0) is 12.7 Å². The smallest absolute Gasteiger partial charge is 0.396 e. The van der Waals surface area contributed by atoms with Gasteiger partial charge in [-0.15, -0.1) is 0 Å². The molecule has 2 aromatic rings. The van der Waals surface area contributed by atoms with Gasteiger partial charge in [-0.25, -0.2) is 15.0 Å². The van der Waals surface area contributed by atoms with E-state index in [0.29, 0.717) is 0 Å². The molecular weight excluding hydrogens is 279 g/mol. The van der Waals surface area contributed by atoms with Crippen molar-refractivity contribution in [3.63, 3.8) is 0 Å². The van der Waals surface area contributed by atoms with E-state index >= 15 is 0 Å². The first kappa shape index (κ1) is 14.2. The minimum atomic E-state index is -4.68. The van der Waals surface area contributed by atoms with Crippen LogP contribution in [0.25, 0.3) is 11.2 Å². The van der Waals surface area contributed by atoms with Crippen molar-refractivity contribution < 1.29 is 23.1 Å². The third-order valence-corrected chi connectivity index (χ3v) is 2.50. The highest BCUT2D eigenvalue weighted by Gasteiger charge is 2.38. The second-order valence-corrected chi connectivity index (χ2v) is 3.93. The quantitative estimate of drug-likeness (QED) is 0.843. The molecule has 2 aromatic heterocycles. The van der Waals surface area contributed by atoms with E-state index in [9.17, 15) is 18.0 Å². The normalized spacial score (nSPS) is 12.0. The molecule has 0 radical (unpaired) electrons. The number of halogens is 3. The van der Waals surface area contributed by atoms with E-state index in [0.717, 1.165) is 10.8 Å². The maximum Gasteiger partial charge on any atom is 0.449 e. The van der Waals surface area contributed by atoms with E-state index in [-0.39, 0.29) is 30.7 Å². The molecule has 20 heavy (non-hydrogen) atoms.